The van der Waals surface area contributed by atoms with Crippen molar-refractivity contribution in [1.82, 2.24) is 9.97 Å². The minimum Gasteiger partial charge on any atom is -0.382 e. The summed E-state index contributed by atoms with van der Waals surface area (Å²) in [6.45, 7) is 7.63. The van der Waals surface area contributed by atoms with Gasteiger partial charge in [-0.25, -0.2) is 9.97 Å². The lowest BCUT2D eigenvalue weighted by molar-refractivity contribution is 0.589. The molecule has 4 nitrogen and oxygen atoms in total. The molecule has 1 heterocycles. The van der Waals surface area contributed by atoms with Gasteiger partial charge in [0.1, 0.15) is 11.6 Å². The van der Waals surface area contributed by atoms with Gasteiger partial charge in [0, 0.05) is 12.6 Å². The second-order valence-corrected chi connectivity index (χ2v) is 4.10. The number of hydrogen-bond donors (Lipinski definition) is 1. The third-order valence-electron chi connectivity index (χ3n) is 2.83. The molecule has 4 heteroatoms. The molecular formula is C12H22N4. The molecule has 0 aliphatic heterocycles. The summed E-state index contributed by atoms with van der Waals surface area (Å²) >= 11 is 0. The van der Waals surface area contributed by atoms with Gasteiger partial charge < -0.3 is 10.6 Å². The minimum atomic E-state index is 0.475. The zero-order valence-electron chi connectivity index (χ0n) is 10.5. The molecule has 0 amide bonds. The molecular weight excluding hydrogens is 200 g/mol. The second-order valence-electron chi connectivity index (χ2n) is 4.10. The average molecular weight is 222 g/mol. The Morgan fingerprint density at radius 2 is 2.06 bits per heavy atom. The molecule has 1 rings (SSSR count). The van der Waals surface area contributed by atoms with E-state index in [1.807, 2.05) is 0 Å². The monoisotopic (exact) mass is 222 g/mol. The number of nitrogens with two attached hydrogens (primary N) is 1. The van der Waals surface area contributed by atoms with Crippen molar-refractivity contribution in [2.24, 2.45) is 0 Å². The first-order chi connectivity index (χ1) is 7.69. The zero-order chi connectivity index (χ0) is 12.0. The zero-order valence-corrected chi connectivity index (χ0v) is 10.5. The van der Waals surface area contributed by atoms with Gasteiger partial charge in [0.15, 0.2) is 0 Å². The third kappa shape index (κ3) is 3.36. The summed E-state index contributed by atoms with van der Waals surface area (Å²) in [6, 6.07) is 0.490. The lowest BCUT2D eigenvalue weighted by Crippen LogP contribution is -2.34. The first kappa shape index (κ1) is 12.7. The Balaban J connectivity index is 2.78. The lowest BCUT2D eigenvalue weighted by atomic mass is 10.2. The maximum Gasteiger partial charge on any atom is 0.147 e. The van der Waals surface area contributed by atoms with E-state index < -0.39 is 0 Å². The highest BCUT2D eigenvalue weighted by atomic mass is 15.2. The Bertz CT molecular complexity index is 296. The summed E-state index contributed by atoms with van der Waals surface area (Å²) in [6.07, 6.45) is 6.86. The number of aromatic nitrogens is 2. The number of unbranched alkanes of at least 4 members (excludes halogenated alkanes) is 1. The van der Waals surface area contributed by atoms with Crippen molar-refractivity contribution in [3.8, 4) is 0 Å². The van der Waals surface area contributed by atoms with Crippen LogP contribution in [0.3, 0.4) is 0 Å². The molecule has 1 aromatic heterocycles. The van der Waals surface area contributed by atoms with Crippen molar-refractivity contribution in [3.63, 3.8) is 0 Å². The number of nitrogens with zero attached hydrogens (tertiary/aromatic N) is 3. The smallest absolute Gasteiger partial charge is 0.147 e. The summed E-state index contributed by atoms with van der Waals surface area (Å²) < 4.78 is 0. The van der Waals surface area contributed by atoms with Gasteiger partial charge in [0.25, 0.3) is 0 Å². The summed E-state index contributed by atoms with van der Waals surface area (Å²) in [7, 11) is 0. The molecule has 0 aliphatic rings. The van der Waals surface area contributed by atoms with Gasteiger partial charge in [-0.2, -0.15) is 0 Å². The van der Waals surface area contributed by atoms with Crippen LogP contribution >= 0.6 is 0 Å². The van der Waals surface area contributed by atoms with E-state index in [0.717, 1.165) is 18.8 Å². The number of rotatable bonds is 6. The van der Waals surface area contributed by atoms with Crippen LogP contribution in [0.25, 0.3) is 0 Å². The van der Waals surface area contributed by atoms with E-state index in [-0.39, 0.29) is 0 Å². The Morgan fingerprint density at radius 3 is 2.56 bits per heavy atom. The number of anilines is 2. The molecule has 0 aliphatic carbocycles. The van der Waals surface area contributed by atoms with Crippen molar-refractivity contribution < 1.29 is 0 Å². The Hall–Kier alpha value is -1.32. The molecule has 0 saturated carbocycles. The molecule has 0 saturated heterocycles. The molecule has 2 N–H and O–H groups in total. The van der Waals surface area contributed by atoms with E-state index in [1.54, 1.807) is 12.4 Å². The van der Waals surface area contributed by atoms with E-state index in [4.69, 9.17) is 5.73 Å². The van der Waals surface area contributed by atoms with Crippen LogP contribution in [-0.4, -0.2) is 22.6 Å². The fourth-order valence-corrected chi connectivity index (χ4v) is 1.59. The van der Waals surface area contributed by atoms with E-state index in [9.17, 15) is 0 Å². The minimum absolute atomic E-state index is 0.475. The van der Waals surface area contributed by atoms with Gasteiger partial charge >= 0.3 is 0 Å². The Morgan fingerprint density at radius 1 is 1.31 bits per heavy atom. The second kappa shape index (κ2) is 6.30. The predicted molar refractivity (Wildman–Crippen MR) is 68.5 cm³/mol. The number of hydrogen-bond acceptors (Lipinski definition) is 4. The summed E-state index contributed by atoms with van der Waals surface area (Å²) in [4.78, 5) is 10.7. The molecule has 0 spiro atoms. The highest BCUT2D eigenvalue weighted by Gasteiger charge is 2.13. The topological polar surface area (TPSA) is 55.0 Å². The van der Waals surface area contributed by atoms with Gasteiger partial charge in [-0.1, -0.05) is 20.3 Å². The van der Waals surface area contributed by atoms with Crippen LogP contribution in [0.15, 0.2) is 12.4 Å². The maximum absolute atomic E-state index is 5.54. The van der Waals surface area contributed by atoms with Crippen LogP contribution in [0, 0.1) is 0 Å². The van der Waals surface area contributed by atoms with Crippen molar-refractivity contribution >= 4 is 11.6 Å². The first-order valence-electron chi connectivity index (χ1n) is 6.03. The van der Waals surface area contributed by atoms with Crippen LogP contribution < -0.4 is 10.6 Å². The van der Waals surface area contributed by atoms with E-state index in [1.165, 1.54) is 12.8 Å². The molecule has 0 aromatic carbocycles. The molecule has 0 bridgehead atoms. The van der Waals surface area contributed by atoms with Gasteiger partial charge in [-0.3, -0.25) is 0 Å². The van der Waals surface area contributed by atoms with E-state index in [0.29, 0.717) is 11.9 Å². The fourth-order valence-electron chi connectivity index (χ4n) is 1.59. The standard InChI is InChI=1S/C12H22N4/c1-4-6-7-16(10(3)5-2)12-9-14-11(13)8-15-12/h8-10H,4-7H2,1-3H3,(H2,13,14). The predicted octanol–water partition coefficient (Wildman–Crippen LogP) is 2.46. The van der Waals surface area contributed by atoms with Crippen molar-refractivity contribution in [2.45, 2.75) is 46.1 Å². The lowest BCUT2D eigenvalue weighted by Gasteiger charge is -2.29. The summed E-state index contributed by atoms with van der Waals surface area (Å²) in [5.41, 5.74) is 5.54. The van der Waals surface area contributed by atoms with Gasteiger partial charge in [-0.15, -0.1) is 0 Å². The van der Waals surface area contributed by atoms with Crippen LogP contribution in [-0.2, 0) is 0 Å². The third-order valence-corrected chi connectivity index (χ3v) is 2.83. The molecule has 0 radical (unpaired) electrons. The molecule has 1 aromatic rings. The van der Waals surface area contributed by atoms with E-state index in [2.05, 4.69) is 35.6 Å². The van der Waals surface area contributed by atoms with Gasteiger partial charge in [0.05, 0.1) is 12.4 Å². The first-order valence-corrected chi connectivity index (χ1v) is 6.03. The highest BCUT2D eigenvalue weighted by molar-refractivity contribution is 5.40. The van der Waals surface area contributed by atoms with Gasteiger partial charge in [0.2, 0.25) is 0 Å². The molecule has 0 fully saturated rings. The quantitative estimate of drug-likeness (QED) is 0.803. The summed E-state index contributed by atoms with van der Waals surface area (Å²) in [5.74, 6) is 1.40. The van der Waals surface area contributed by atoms with Crippen LogP contribution in [0.2, 0.25) is 0 Å². The van der Waals surface area contributed by atoms with Crippen LogP contribution in [0.1, 0.15) is 40.0 Å². The summed E-state index contributed by atoms with van der Waals surface area (Å²) in [5, 5.41) is 0. The largest absolute Gasteiger partial charge is 0.382 e. The van der Waals surface area contributed by atoms with Crippen molar-refractivity contribution in [3.05, 3.63) is 12.4 Å². The molecule has 90 valence electrons. The molecule has 1 unspecified atom stereocenters. The number of nitrogen functional groups attached to an aromatic ring is 1. The van der Waals surface area contributed by atoms with Crippen LogP contribution in [0.5, 0.6) is 0 Å². The normalized spacial score (nSPS) is 12.4. The van der Waals surface area contributed by atoms with E-state index >= 15 is 0 Å². The maximum atomic E-state index is 5.54. The Labute approximate surface area is 97.9 Å². The van der Waals surface area contributed by atoms with Gasteiger partial charge in [-0.05, 0) is 19.8 Å². The SMILES string of the molecule is CCCCN(c1cnc(N)cn1)C(C)CC. The highest BCUT2D eigenvalue weighted by Crippen LogP contribution is 2.16. The molecule has 16 heavy (non-hydrogen) atoms. The fraction of sp³-hybridized carbons (Fsp3) is 0.667. The molecule has 1 atom stereocenters. The Kier molecular flexibility index (Phi) is 5.02. The van der Waals surface area contributed by atoms with Crippen molar-refractivity contribution in [2.75, 3.05) is 17.2 Å². The van der Waals surface area contributed by atoms with Crippen LogP contribution in [0.4, 0.5) is 11.6 Å². The van der Waals surface area contributed by atoms with Crippen molar-refractivity contribution in [1.29, 1.82) is 0 Å². The average Bonchev–Trinajstić information content (AvgIpc) is 2.31.